The largest absolute Gasteiger partial charge is 0.493 e. The summed E-state index contributed by atoms with van der Waals surface area (Å²) >= 11 is 0. The van der Waals surface area contributed by atoms with Crippen molar-refractivity contribution in [1.29, 1.82) is 0 Å². The molecule has 0 saturated carbocycles. The molecule has 2 rings (SSSR count). The highest BCUT2D eigenvalue weighted by Crippen LogP contribution is 2.30. The predicted molar refractivity (Wildman–Crippen MR) is 108 cm³/mol. The van der Waals surface area contributed by atoms with E-state index in [0.717, 1.165) is 5.56 Å². The SMILES string of the molecule is C=CCOc1ccc(C(=O)NC(C)c2ccc(OCCOC)c(OC)c2)cc1. The summed E-state index contributed by atoms with van der Waals surface area (Å²) in [6, 6.07) is 12.4. The molecular weight excluding hydrogens is 358 g/mol. The second kappa shape index (κ2) is 11.0. The molecule has 0 aliphatic carbocycles. The number of hydrogen-bond donors (Lipinski definition) is 1. The Bertz CT molecular complexity index is 773. The number of benzene rings is 2. The maximum absolute atomic E-state index is 12.5. The van der Waals surface area contributed by atoms with Crippen LogP contribution in [0.25, 0.3) is 0 Å². The van der Waals surface area contributed by atoms with Crippen molar-refractivity contribution in [2.75, 3.05) is 34.0 Å². The Morgan fingerprint density at radius 3 is 2.46 bits per heavy atom. The molecule has 0 aliphatic rings. The molecule has 1 unspecified atom stereocenters. The van der Waals surface area contributed by atoms with Crippen molar-refractivity contribution in [3.05, 3.63) is 66.2 Å². The molecule has 0 aromatic heterocycles. The minimum Gasteiger partial charge on any atom is -0.493 e. The van der Waals surface area contributed by atoms with Gasteiger partial charge in [-0.05, 0) is 48.9 Å². The van der Waals surface area contributed by atoms with Crippen LogP contribution in [0.4, 0.5) is 0 Å². The highest BCUT2D eigenvalue weighted by atomic mass is 16.5. The average Bonchev–Trinajstić information content (AvgIpc) is 2.72. The lowest BCUT2D eigenvalue weighted by molar-refractivity contribution is 0.0939. The maximum Gasteiger partial charge on any atom is 0.251 e. The van der Waals surface area contributed by atoms with Crippen molar-refractivity contribution >= 4 is 5.91 Å². The van der Waals surface area contributed by atoms with Gasteiger partial charge in [-0.25, -0.2) is 0 Å². The second-order valence-electron chi connectivity index (χ2n) is 6.07. The number of methoxy groups -OCH3 is 2. The van der Waals surface area contributed by atoms with Gasteiger partial charge in [0.05, 0.1) is 19.8 Å². The molecule has 1 amide bonds. The Balaban J connectivity index is 2.01. The van der Waals surface area contributed by atoms with Gasteiger partial charge in [0.2, 0.25) is 0 Å². The van der Waals surface area contributed by atoms with E-state index in [9.17, 15) is 4.79 Å². The van der Waals surface area contributed by atoms with Crippen molar-refractivity contribution in [1.82, 2.24) is 5.32 Å². The molecule has 2 aromatic rings. The smallest absolute Gasteiger partial charge is 0.251 e. The third kappa shape index (κ3) is 6.03. The highest BCUT2D eigenvalue weighted by molar-refractivity contribution is 5.94. The quantitative estimate of drug-likeness (QED) is 0.471. The van der Waals surface area contributed by atoms with Gasteiger partial charge in [0.15, 0.2) is 11.5 Å². The van der Waals surface area contributed by atoms with Crippen LogP contribution in [0.15, 0.2) is 55.1 Å². The summed E-state index contributed by atoms with van der Waals surface area (Å²) in [4.78, 5) is 12.5. The van der Waals surface area contributed by atoms with Gasteiger partial charge in [-0.3, -0.25) is 4.79 Å². The molecule has 150 valence electrons. The summed E-state index contributed by atoms with van der Waals surface area (Å²) in [6.07, 6.45) is 1.67. The number of rotatable bonds is 11. The zero-order valence-electron chi connectivity index (χ0n) is 16.6. The van der Waals surface area contributed by atoms with E-state index in [1.165, 1.54) is 0 Å². The molecule has 2 aromatic carbocycles. The van der Waals surface area contributed by atoms with E-state index in [0.29, 0.717) is 42.6 Å². The van der Waals surface area contributed by atoms with Crippen molar-refractivity contribution < 1.29 is 23.7 Å². The summed E-state index contributed by atoms with van der Waals surface area (Å²) in [6.45, 7) is 6.88. The minimum atomic E-state index is -0.203. The van der Waals surface area contributed by atoms with E-state index in [2.05, 4.69) is 11.9 Å². The summed E-state index contributed by atoms with van der Waals surface area (Å²) < 4.78 is 21.5. The van der Waals surface area contributed by atoms with Crippen molar-refractivity contribution in [3.8, 4) is 17.2 Å². The molecule has 1 atom stereocenters. The lowest BCUT2D eigenvalue weighted by atomic mass is 10.1. The first kappa shape index (κ1) is 21.3. The van der Waals surface area contributed by atoms with Gasteiger partial charge in [0, 0.05) is 12.7 Å². The second-order valence-corrected chi connectivity index (χ2v) is 6.07. The summed E-state index contributed by atoms with van der Waals surface area (Å²) in [5, 5.41) is 2.99. The van der Waals surface area contributed by atoms with Crippen molar-refractivity contribution in [3.63, 3.8) is 0 Å². The molecule has 1 N–H and O–H groups in total. The van der Waals surface area contributed by atoms with E-state index in [-0.39, 0.29) is 11.9 Å². The van der Waals surface area contributed by atoms with Crippen molar-refractivity contribution in [2.45, 2.75) is 13.0 Å². The first-order valence-corrected chi connectivity index (χ1v) is 9.03. The number of carbonyl (C=O) groups excluding carboxylic acids is 1. The van der Waals surface area contributed by atoms with Crippen molar-refractivity contribution in [2.24, 2.45) is 0 Å². The number of carbonyl (C=O) groups is 1. The topological polar surface area (TPSA) is 66.0 Å². The van der Waals surface area contributed by atoms with Crippen LogP contribution >= 0.6 is 0 Å². The van der Waals surface area contributed by atoms with Gasteiger partial charge in [0.25, 0.3) is 5.91 Å². The molecule has 6 nitrogen and oxygen atoms in total. The van der Waals surface area contributed by atoms with Gasteiger partial charge in [-0.1, -0.05) is 18.7 Å². The number of nitrogens with one attached hydrogen (secondary N) is 1. The van der Waals surface area contributed by atoms with E-state index < -0.39 is 0 Å². The Kier molecular flexibility index (Phi) is 8.37. The lowest BCUT2D eigenvalue weighted by Crippen LogP contribution is -2.26. The monoisotopic (exact) mass is 385 g/mol. The molecule has 0 spiro atoms. The molecule has 0 heterocycles. The molecular formula is C22H27NO5. The molecule has 6 heteroatoms. The molecule has 0 aliphatic heterocycles. The first-order chi connectivity index (χ1) is 13.6. The van der Waals surface area contributed by atoms with E-state index >= 15 is 0 Å². The van der Waals surface area contributed by atoms with Crippen LogP contribution in [0.1, 0.15) is 28.9 Å². The van der Waals surface area contributed by atoms with E-state index in [1.54, 1.807) is 44.6 Å². The van der Waals surface area contributed by atoms with Crippen LogP contribution in [-0.2, 0) is 4.74 Å². The Hall–Kier alpha value is -2.99. The Morgan fingerprint density at radius 2 is 1.82 bits per heavy atom. The summed E-state index contributed by atoms with van der Waals surface area (Å²) in [5.41, 5.74) is 1.47. The lowest BCUT2D eigenvalue weighted by Gasteiger charge is -2.17. The predicted octanol–water partition coefficient (Wildman–Crippen LogP) is 3.78. The summed E-state index contributed by atoms with van der Waals surface area (Å²) in [5.74, 6) is 1.77. The van der Waals surface area contributed by atoms with Gasteiger partial charge < -0.3 is 24.3 Å². The molecule has 0 radical (unpaired) electrons. The number of ether oxygens (including phenoxy) is 4. The minimum absolute atomic E-state index is 0.165. The zero-order chi connectivity index (χ0) is 20.4. The highest BCUT2D eigenvalue weighted by Gasteiger charge is 2.14. The van der Waals surface area contributed by atoms with Crippen LogP contribution in [0.3, 0.4) is 0 Å². The van der Waals surface area contributed by atoms with E-state index in [1.807, 2.05) is 25.1 Å². The third-order valence-corrected chi connectivity index (χ3v) is 4.06. The maximum atomic E-state index is 12.5. The third-order valence-electron chi connectivity index (χ3n) is 4.06. The van der Waals surface area contributed by atoms with Crippen LogP contribution in [0, 0.1) is 0 Å². The summed E-state index contributed by atoms with van der Waals surface area (Å²) in [7, 11) is 3.21. The normalized spacial score (nSPS) is 11.4. The van der Waals surface area contributed by atoms with Crippen LogP contribution in [0.2, 0.25) is 0 Å². The van der Waals surface area contributed by atoms with Crippen LogP contribution < -0.4 is 19.5 Å². The number of amides is 1. The molecule has 0 bridgehead atoms. The van der Waals surface area contributed by atoms with Gasteiger partial charge in [0.1, 0.15) is 19.0 Å². The van der Waals surface area contributed by atoms with Gasteiger partial charge >= 0.3 is 0 Å². The number of hydrogen-bond acceptors (Lipinski definition) is 5. The standard InChI is InChI=1S/C22H27NO5/c1-5-12-27-19-9-6-17(7-10-19)22(24)23-16(2)18-8-11-20(21(15-18)26-4)28-14-13-25-3/h5-11,15-16H,1,12-14H2,2-4H3,(H,23,24). The molecule has 0 saturated heterocycles. The fourth-order valence-electron chi connectivity index (χ4n) is 2.53. The van der Waals surface area contributed by atoms with Gasteiger partial charge in [-0.2, -0.15) is 0 Å². The molecule has 28 heavy (non-hydrogen) atoms. The van der Waals surface area contributed by atoms with Gasteiger partial charge in [-0.15, -0.1) is 0 Å². The molecule has 0 fully saturated rings. The fourth-order valence-corrected chi connectivity index (χ4v) is 2.53. The van der Waals surface area contributed by atoms with Crippen LogP contribution in [-0.4, -0.2) is 39.9 Å². The zero-order valence-corrected chi connectivity index (χ0v) is 16.6. The fraction of sp³-hybridized carbons (Fsp3) is 0.318. The average molecular weight is 385 g/mol. The first-order valence-electron chi connectivity index (χ1n) is 9.03. The Labute approximate surface area is 166 Å². The van der Waals surface area contributed by atoms with E-state index in [4.69, 9.17) is 18.9 Å². The Morgan fingerprint density at radius 1 is 1.07 bits per heavy atom. The van der Waals surface area contributed by atoms with Crippen LogP contribution in [0.5, 0.6) is 17.2 Å².